The molecule has 2 nitrogen and oxygen atoms in total. The van der Waals surface area contributed by atoms with Crippen LogP contribution in [0.4, 0.5) is 0 Å². The Balaban J connectivity index is 4.14. The maximum absolute atomic E-state index is 11.1. The smallest absolute Gasteiger partial charge is 0.319 e. The molecule has 0 heterocycles. The second kappa shape index (κ2) is 6.30. The molecule has 0 aromatic carbocycles. The molecule has 0 aliphatic carbocycles. The van der Waals surface area contributed by atoms with Crippen LogP contribution in [0.2, 0.25) is 0 Å². The van der Waals surface area contributed by atoms with E-state index in [1.54, 1.807) is 11.8 Å². The van der Waals surface area contributed by atoms with Crippen LogP contribution in [0.15, 0.2) is 0 Å². The van der Waals surface area contributed by atoms with Crippen LogP contribution in [0.1, 0.15) is 46.5 Å². The standard InChI is InChI=1S/C10H20O2S/c1-4-7-8-13-10(5-2,6-3)9(11)12/h4-8H2,1-3H3,(H,11,12). The molecule has 0 radical (unpaired) electrons. The molecule has 0 rings (SSSR count). The van der Waals surface area contributed by atoms with E-state index in [0.717, 1.165) is 18.6 Å². The summed E-state index contributed by atoms with van der Waals surface area (Å²) in [7, 11) is 0. The zero-order valence-electron chi connectivity index (χ0n) is 8.80. The average molecular weight is 204 g/mol. The number of unbranched alkanes of at least 4 members (excludes halogenated alkanes) is 1. The molecule has 0 aromatic heterocycles. The Morgan fingerprint density at radius 2 is 1.85 bits per heavy atom. The largest absolute Gasteiger partial charge is 0.480 e. The number of hydrogen-bond donors (Lipinski definition) is 1. The lowest BCUT2D eigenvalue weighted by molar-refractivity contribution is -0.140. The van der Waals surface area contributed by atoms with Crippen LogP contribution in [-0.2, 0) is 4.79 Å². The summed E-state index contributed by atoms with van der Waals surface area (Å²) in [5.74, 6) is 0.309. The summed E-state index contributed by atoms with van der Waals surface area (Å²) < 4.78 is -0.533. The second-order valence-electron chi connectivity index (χ2n) is 3.21. The van der Waals surface area contributed by atoms with Crippen molar-refractivity contribution in [2.75, 3.05) is 5.75 Å². The minimum Gasteiger partial charge on any atom is -0.480 e. The maximum atomic E-state index is 11.1. The molecule has 0 bridgehead atoms. The van der Waals surface area contributed by atoms with E-state index in [1.807, 2.05) is 13.8 Å². The lowest BCUT2D eigenvalue weighted by atomic mass is 10.0. The molecular weight excluding hydrogens is 184 g/mol. The minimum absolute atomic E-state index is 0.533. The van der Waals surface area contributed by atoms with E-state index in [1.165, 1.54) is 0 Å². The number of hydrogen-bond acceptors (Lipinski definition) is 2. The lowest BCUT2D eigenvalue weighted by Crippen LogP contribution is -2.33. The highest BCUT2D eigenvalue weighted by molar-refractivity contribution is 8.01. The summed E-state index contributed by atoms with van der Waals surface area (Å²) in [5, 5.41) is 9.10. The summed E-state index contributed by atoms with van der Waals surface area (Å²) in [4.78, 5) is 11.1. The Morgan fingerprint density at radius 1 is 1.31 bits per heavy atom. The van der Waals surface area contributed by atoms with Gasteiger partial charge in [0.1, 0.15) is 4.75 Å². The molecule has 0 aliphatic rings. The number of carbonyl (C=O) groups is 1. The van der Waals surface area contributed by atoms with Crippen LogP contribution in [0, 0.1) is 0 Å². The van der Waals surface area contributed by atoms with E-state index in [-0.39, 0.29) is 0 Å². The average Bonchev–Trinajstić information content (AvgIpc) is 2.13. The van der Waals surface area contributed by atoms with Crippen LogP contribution >= 0.6 is 11.8 Å². The molecule has 0 aliphatic heterocycles. The summed E-state index contributed by atoms with van der Waals surface area (Å²) in [5.41, 5.74) is 0. The molecule has 0 fully saturated rings. The molecule has 1 N–H and O–H groups in total. The van der Waals surface area contributed by atoms with Crippen molar-refractivity contribution in [2.24, 2.45) is 0 Å². The third-order valence-corrected chi connectivity index (χ3v) is 4.21. The van der Waals surface area contributed by atoms with Gasteiger partial charge in [-0.3, -0.25) is 4.79 Å². The van der Waals surface area contributed by atoms with Crippen LogP contribution in [0.5, 0.6) is 0 Å². The highest BCUT2D eigenvalue weighted by atomic mass is 32.2. The van der Waals surface area contributed by atoms with Gasteiger partial charge in [0.15, 0.2) is 0 Å². The lowest BCUT2D eigenvalue weighted by Gasteiger charge is -2.25. The summed E-state index contributed by atoms with van der Waals surface area (Å²) in [6, 6.07) is 0. The van der Waals surface area contributed by atoms with E-state index < -0.39 is 10.7 Å². The van der Waals surface area contributed by atoms with Crippen molar-refractivity contribution in [2.45, 2.75) is 51.2 Å². The van der Waals surface area contributed by atoms with Crippen molar-refractivity contribution in [3.63, 3.8) is 0 Å². The van der Waals surface area contributed by atoms with Crippen molar-refractivity contribution in [1.82, 2.24) is 0 Å². The van der Waals surface area contributed by atoms with Crippen molar-refractivity contribution in [1.29, 1.82) is 0 Å². The van der Waals surface area contributed by atoms with Crippen molar-refractivity contribution < 1.29 is 9.90 Å². The first-order valence-electron chi connectivity index (χ1n) is 5.00. The van der Waals surface area contributed by atoms with E-state index in [4.69, 9.17) is 5.11 Å². The molecule has 0 saturated heterocycles. The first-order valence-corrected chi connectivity index (χ1v) is 5.98. The fourth-order valence-corrected chi connectivity index (χ4v) is 2.59. The summed E-state index contributed by atoms with van der Waals surface area (Å²) >= 11 is 1.60. The van der Waals surface area contributed by atoms with E-state index in [9.17, 15) is 4.79 Å². The SMILES string of the molecule is CCCCSC(CC)(CC)C(=O)O. The Labute approximate surface area is 85.1 Å². The third-order valence-electron chi connectivity index (χ3n) is 2.41. The summed E-state index contributed by atoms with van der Waals surface area (Å²) in [6.07, 6.45) is 3.68. The minimum atomic E-state index is -0.654. The van der Waals surface area contributed by atoms with Gasteiger partial charge in [-0.15, -0.1) is 11.8 Å². The predicted molar refractivity (Wildman–Crippen MR) is 58.3 cm³/mol. The molecule has 0 spiro atoms. The Hall–Kier alpha value is -0.180. The number of carboxylic acid groups (broad SMARTS) is 1. The number of aliphatic carboxylic acids is 1. The van der Waals surface area contributed by atoms with Crippen LogP contribution in [-0.4, -0.2) is 21.6 Å². The normalized spacial score (nSPS) is 11.6. The van der Waals surface area contributed by atoms with Gasteiger partial charge in [-0.25, -0.2) is 0 Å². The van der Waals surface area contributed by atoms with E-state index in [0.29, 0.717) is 12.8 Å². The van der Waals surface area contributed by atoms with Crippen LogP contribution < -0.4 is 0 Å². The van der Waals surface area contributed by atoms with Crippen molar-refractivity contribution >= 4 is 17.7 Å². The van der Waals surface area contributed by atoms with Gasteiger partial charge in [-0.1, -0.05) is 27.2 Å². The first kappa shape index (κ1) is 12.8. The van der Waals surface area contributed by atoms with Crippen LogP contribution in [0.3, 0.4) is 0 Å². The molecular formula is C10H20O2S. The third kappa shape index (κ3) is 3.59. The summed E-state index contributed by atoms with van der Waals surface area (Å²) in [6.45, 7) is 6.04. The van der Waals surface area contributed by atoms with Gasteiger partial charge in [-0.05, 0) is 25.0 Å². The molecule has 3 heteroatoms. The molecule has 78 valence electrons. The molecule has 0 amide bonds. The molecule has 0 aromatic rings. The van der Waals surface area contributed by atoms with Gasteiger partial charge in [0.2, 0.25) is 0 Å². The van der Waals surface area contributed by atoms with E-state index in [2.05, 4.69) is 6.92 Å². The highest BCUT2D eigenvalue weighted by Gasteiger charge is 2.34. The predicted octanol–water partition coefficient (Wildman–Crippen LogP) is 3.16. The van der Waals surface area contributed by atoms with Crippen LogP contribution in [0.25, 0.3) is 0 Å². The van der Waals surface area contributed by atoms with Gasteiger partial charge in [-0.2, -0.15) is 0 Å². The van der Waals surface area contributed by atoms with Crippen molar-refractivity contribution in [3.05, 3.63) is 0 Å². The van der Waals surface area contributed by atoms with Gasteiger partial charge < -0.3 is 5.11 Å². The first-order chi connectivity index (χ1) is 6.13. The maximum Gasteiger partial charge on any atom is 0.319 e. The Morgan fingerprint density at radius 3 is 2.15 bits per heavy atom. The molecule has 0 atom stereocenters. The Kier molecular flexibility index (Phi) is 6.21. The van der Waals surface area contributed by atoms with Gasteiger partial charge in [0, 0.05) is 0 Å². The molecule has 13 heavy (non-hydrogen) atoms. The quantitative estimate of drug-likeness (QED) is 0.647. The molecule has 0 saturated carbocycles. The number of rotatable bonds is 7. The fourth-order valence-electron chi connectivity index (χ4n) is 1.23. The van der Waals surface area contributed by atoms with Gasteiger partial charge in [0.25, 0.3) is 0 Å². The Bertz CT molecular complexity index is 153. The van der Waals surface area contributed by atoms with Gasteiger partial charge in [0.05, 0.1) is 0 Å². The zero-order valence-corrected chi connectivity index (χ0v) is 9.62. The topological polar surface area (TPSA) is 37.3 Å². The number of thioether (sulfide) groups is 1. The highest BCUT2D eigenvalue weighted by Crippen LogP contribution is 2.33. The molecule has 0 unspecified atom stereocenters. The number of carboxylic acids is 1. The van der Waals surface area contributed by atoms with E-state index >= 15 is 0 Å². The fraction of sp³-hybridized carbons (Fsp3) is 0.900. The monoisotopic (exact) mass is 204 g/mol. The van der Waals surface area contributed by atoms with Crippen molar-refractivity contribution in [3.8, 4) is 0 Å². The second-order valence-corrected chi connectivity index (χ2v) is 4.69. The zero-order chi connectivity index (χ0) is 10.3. The van der Waals surface area contributed by atoms with Gasteiger partial charge >= 0.3 is 5.97 Å².